The van der Waals surface area contributed by atoms with E-state index in [4.69, 9.17) is 9.47 Å². The van der Waals surface area contributed by atoms with Crippen LogP contribution in [0.1, 0.15) is 38.3 Å². The number of hydrogen-bond acceptors (Lipinski definition) is 3. The summed E-state index contributed by atoms with van der Waals surface area (Å²) in [5.74, 6) is 0.919. The van der Waals surface area contributed by atoms with Crippen LogP contribution in [0.5, 0.6) is 5.75 Å². The van der Waals surface area contributed by atoms with Crippen molar-refractivity contribution in [1.82, 2.24) is 5.32 Å². The van der Waals surface area contributed by atoms with Crippen LogP contribution in [0.2, 0.25) is 0 Å². The molecule has 1 aromatic rings. The summed E-state index contributed by atoms with van der Waals surface area (Å²) >= 11 is 0. The summed E-state index contributed by atoms with van der Waals surface area (Å²) < 4.78 is 11.1. The molecule has 0 radical (unpaired) electrons. The van der Waals surface area contributed by atoms with E-state index in [2.05, 4.69) is 25.2 Å². The van der Waals surface area contributed by atoms with Gasteiger partial charge in [-0.1, -0.05) is 38.5 Å². The lowest BCUT2D eigenvalue weighted by Gasteiger charge is -2.20. The largest absolute Gasteiger partial charge is 0.496 e. The van der Waals surface area contributed by atoms with Crippen LogP contribution in [0.25, 0.3) is 0 Å². The van der Waals surface area contributed by atoms with Gasteiger partial charge < -0.3 is 14.8 Å². The van der Waals surface area contributed by atoms with Gasteiger partial charge in [0.1, 0.15) is 5.75 Å². The molecular formula is C15H25NO2. The summed E-state index contributed by atoms with van der Waals surface area (Å²) in [6.45, 7) is 6.71. The molecule has 0 fully saturated rings. The minimum atomic E-state index is 0.197. The molecule has 0 bridgehead atoms. The Kier molecular flexibility index (Phi) is 7.46. The number of unbranched alkanes of at least 4 members (excludes halogenated alkanes) is 1. The molecule has 102 valence electrons. The van der Waals surface area contributed by atoms with Crippen molar-refractivity contribution in [3.63, 3.8) is 0 Å². The number of ether oxygens (including phenoxy) is 2. The zero-order chi connectivity index (χ0) is 13.2. The summed E-state index contributed by atoms with van der Waals surface area (Å²) in [7, 11) is 1.71. The lowest BCUT2D eigenvalue weighted by Crippen LogP contribution is -2.26. The molecule has 0 heterocycles. The van der Waals surface area contributed by atoms with Gasteiger partial charge in [-0.3, -0.25) is 0 Å². The maximum absolute atomic E-state index is 5.72. The molecule has 3 nitrogen and oxygen atoms in total. The number of benzene rings is 1. The van der Waals surface area contributed by atoms with Crippen molar-refractivity contribution in [2.75, 3.05) is 26.9 Å². The topological polar surface area (TPSA) is 30.5 Å². The van der Waals surface area contributed by atoms with Gasteiger partial charge in [-0.2, -0.15) is 0 Å². The summed E-state index contributed by atoms with van der Waals surface area (Å²) in [6.07, 6.45) is 2.28. The third-order valence-corrected chi connectivity index (χ3v) is 2.89. The predicted molar refractivity (Wildman–Crippen MR) is 75.1 cm³/mol. The Hall–Kier alpha value is -1.06. The van der Waals surface area contributed by atoms with E-state index in [0.29, 0.717) is 6.61 Å². The zero-order valence-electron chi connectivity index (χ0n) is 11.7. The van der Waals surface area contributed by atoms with Crippen molar-refractivity contribution in [2.24, 2.45) is 0 Å². The fourth-order valence-corrected chi connectivity index (χ4v) is 1.91. The summed E-state index contributed by atoms with van der Waals surface area (Å²) in [4.78, 5) is 0. The molecule has 3 heteroatoms. The van der Waals surface area contributed by atoms with Crippen molar-refractivity contribution in [3.05, 3.63) is 29.8 Å². The van der Waals surface area contributed by atoms with Gasteiger partial charge in [0.2, 0.25) is 0 Å². The van der Waals surface area contributed by atoms with Crippen molar-refractivity contribution in [2.45, 2.75) is 32.7 Å². The van der Waals surface area contributed by atoms with E-state index in [1.165, 1.54) is 12.0 Å². The maximum atomic E-state index is 5.72. The first-order chi connectivity index (χ1) is 8.83. The van der Waals surface area contributed by atoms with E-state index in [9.17, 15) is 0 Å². The standard InChI is InChI=1S/C15H25NO2/c1-4-6-11-18-12-14(16-5-2)13-9-7-8-10-15(13)17-3/h7-10,14,16H,4-6,11-12H2,1-3H3. The van der Waals surface area contributed by atoms with Crippen LogP contribution in [0, 0.1) is 0 Å². The lowest BCUT2D eigenvalue weighted by molar-refractivity contribution is 0.108. The number of hydrogen-bond donors (Lipinski definition) is 1. The van der Waals surface area contributed by atoms with Gasteiger partial charge in [0.05, 0.1) is 19.8 Å². The third-order valence-electron chi connectivity index (χ3n) is 2.89. The van der Waals surface area contributed by atoms with E-state index in [-0.39, 0.29) is 6.04 Å². The summed E-state index contributed by atoms with van der Waals surface area (Å²) in [6, 6.07) is 8.31. The van der Waals surface area contributed by atoms with Gasteiger partial charge in [-0.05, 0) is 19.0 Å². The van der Waals surface area contributed by atoms with Gasteiger partial charge in [0.25, 0.3) is 0 Å². The Bertz CT molecular complexity index is 328. The third kappa shape index (κ3) is 4.67. The van der Waals surface area contributed by atoms with E-state index >= 15 is 0 Å². The molecule has 0 aliphatic carbocycles. The van der Waals surface area contributed by atoms with Crippen molar-refractivity contribution < 1.29 is 9.47 Å². The highest BCUT2D eigenvalue weighted by Crippen LogP contribution is 2.24. The van der Waals surface area contributed by atoms with Gasteiger partial charge in [-0.15, -0.1) is 0 Å². The van der Waals surface area contributed by atoms with Gasteiger partial charge in [-0.25, -0.2) is 0 Å². The molecule has 0 spiro atoms. The summed E-state index contributed by atoms with van der Waals surface area (Å²) in [5, 5.41) is 3.45. The second-order valence-corrected chi connectivity index (χ2v) is 4.28. The minimum Gasteiger partial charge on any atom is -0.496 e. The number of rotatable bonds is 9. The van der Waals surface area contributed by atoms with Crippen LogP contribution in [0.3, 0.4) is 0 Å². The van der Waals surface area contributed by atoms with Gasteiger partial charge >= 0.3 is 0 Å². The molecule has 0 aliphatic rings. The minimum absolute atomic E-state index is 0.197. The van der Waals surface area contributed by atoms with Crippen molar-refractivity contribution in [3.8, 4) is 5.75 Å². The van der Waals surface area contributed by atoms with Crippen molar-refractivity contribution >= 4 is 0 Å². The Balaban J connectivity index is 2.64. The molecule has 0 saturated carbocycles. The second kappa shape index (κ2) is 8.95. The smallest absolute Gasteiger partial charge is 0.123 e. The number of methoxy groups -OCH3 is 1. The molecule has 1 rings (SSSR count). The fraction of sp³-hybridized carbons (Fsp3) is 0.600. The van der Waals surface area contributed by atoms with Crippen LogP contribution in [0.4, 0.5) is 0 Å². The van der Waals surface area contributed by atoms with Crippen LogP contribution >= 0.6 is 0 Å². The van der Waals surface area contributed by atoms with E-state index < -0.39 is 0 Å². The average molecular weight is 251 g/mol. The maximum Gasteiger partial charge on any atom is 0.123 e. The van der Waals surface area contributed by atoms with Crippen LogP contribution < -0.4 is 10.1 Å². The van der Waals surface area contributed by atoms with Crippen LogP contribution in [0.15, 0.2) is 24.3 Å². The highest BCUT2D eigenvalue weighted by atomic mass is 16.5. The van der Waals surface area contributed by atoms with Crippen molar-refractivity contribution in [1.29, 1.82) is 0 Å². The predicted octanol–water partition coefficient (Wildman–Crippen LogP) is 3.16. The molecule has 0 saturated heterocycles. The zero-order valence-corrected chi connectivity index (χ0v) is 11.7. The Morgan fingerprint density at radius 2 is 2.00 bits per heavy atom. The summed E-state index contributed by atoms with van der Waals surface area (Å²) in [5.41, 5.74) is 1.17. The lowest BCUT2D eigenvalue weighted by atomic mass is 10.1. The average Bonchev–Trinajstić information content (AvgIpc) is 2.42. The monoisotopic (exact) mass is 251 g/mol. The van der Waals surface area contributed by atoms with Gasteiger partial charge in [0.15, 0.2) is 0 Å². The highest BCUT2D eigenvalue weighted by molar-refractivity contribution is 5.35. The normalized spacial score (nSPS) is 12.4. The molecule has 1 unspecified atom stereocenters. The molecule has 1 N–H and O–H groups in total. The van der Waals surface area contributed by atoms with Gasteiger partial charge in [0, 0.05) is 12.2 Å². The molecule has 0 aliphatic heterocycles. The number of nitrogens with one attached hydrogen (secondary N) is 1. The Morgan fingerprint density at radius 1 is 1.22 bits per heavy atom. The first-order valence-electron chi connectivity index (χ1n) is 6.77. The first kappa shape index (κ1) is 15.0. The fourth-order valence-electron chi connectivity index (χ4n) is 1.91. The molecule has 0 amide bonds. The first-order valence-corrected chi connectivity index (χ1v) is 6.77. The molecule has 1 aromatic carbocycles. The molecule has 0 aromatic heterocycles. The second-order valence-electron chi connectivity index (χ2n) is 4.28. The molecular weight excluding hydrogens is 226 g/mol. The van der Waals surface area contributed by atoms with E-state index in [0.717, 1.165) is 25.3 Å². The van der Waals surface area contributed by atoms with Crippen LogP contribution in [-0.2, 0) is 4.74 Å². The highest BCUT2D eigenvalue weighted by Gasteiger charge is 2.14. The van der Waals surface area contributed by atoms with E-state index in [1.807, 2.05) is 18.2 Å². The van der Waals surface area contributed by atoms with Crippen LogP contribution in [-0.4, -0.2) is 26.9 Å². The van der Waals surface area contributed by atoms with E-state index in [1.54, 1.807) is 7.11 Å². The number of likely N-dealkylation sites (N-methyl/N-ethyl adjacent to an activating group) is 1. The molecule has 1 atom stereocenters. The number of para-hydroxylation sites is 1. The quantitative estimate of drug-likeness (QED) is 0.684. The SMILES string of the molecule is CCCCOCC(NCC)c1ccccc1OC. The Labute approximate surface area is 110 Å². The Morgan fingerprint density at radius 3 is 2.67 bits per heavy atom. The molecule has 18 heavy (non-hydrogen) atoms.